The van der Waals surface area contributed by atoms with Gasteiger partial charge in [0, 0.05) is 30.5 Å². The molecule has 0 spiro atoms. The Balaban J connectivity index is 1.95. The Kier molecular flexibility index (Phi) is 5.26. The van der Waals surface area contributed by atoms with Gasteiger partial charge in [0.2, 0.25) is 0 Å². The van der Waals surface area contributed by atoms with Gasteiger partial charge >= 0.3 is 11.6 Å². The van der Waals surface area contributed by atoms with E-state index in [1.54, 1.807) is 6.07 Å². The first-order chi connectivity index (χ1) is 13.8. The van der Waals surface area contributed by atoms with E-state index in [2.05, 4.69) is 5.32 Å². The van der Waals surface area contributed by atoms with Crippen LogP contribution < -0.4 is 20.4 Å². The minimum atomic E-state index is -0.852. The van der Waals surface area contributed by atoms with Crippen LogP contribution in [0.1, 0.15) is 17.3 Å². The van der Waals surface area contributed by atoms with Crippen molar-refractivity contribution in [1.82, 2.24) is 0 Å². The van der Waals surface area contributed by atoms with Crippen LogP contribution in [0, 0.1) is 10.1 Å². The molecule has 1 N–H and O–H groups in total. The number of fused-ring (bicyclic) bond motifs is 1. The van der Waals surface area contributed by atoms with Gasteiger partial charge in [-0.25, -0.2) is 4.79 Å². The second kappa shape index (κ2) is 7.80. The molecule has 1 aromatic heterocycles. The Labute approximate surface area is 162 Å². The van der Waals surface area contributed by atoms with Crippen LogP contribution in [-0.4, -0.2) is 23.9 Å². The second-order valence-electron chi connectivity index (χ2n) is 5.84. The largest absolute Gasteiger partial charge is 0.496 e. The van der Waals surface area contributed by atoms with E-state index >= 15 is 0 Å². The first-order valence-corrected chi connectivity index (χ1v) is 8.18. The lowest BCUT2D eigenvalue weighted by molar-refractivity contribution is -0.384. The van der Waals surface area contributed by atoms with E-state index in [4.69, 9.17) is 13.9 Å². The van der Waals surface area contributed by atoms with Gasteiger partial charge in [0.05, 0.1) is 17.6 Å². The molecule has 1 heterocycles. The number of nitrogens with one attached hydrogen (secondary N) is 1. The lowest BCUT2D eigenvalue weighted by Crippen LogP contribution is -2.18. The van der Waals surface area contributed by atoms with Gasteiger partial charge < -0.3 is 19.2 Å². The number of carbonyl (C=O) groups excluding carboxylic acids is 2. The molecule has 29 heavy (non-hydrogen) atoms. The van der Waals surface area contributed by atoms with Crippen LogP contribution in [0.2, 0.25) is 0 Å². The molecule has 2 aromatic carbocycles. The summed E-state index contributed by atoms with van der Waals surface area (Å²) in [7, 11) is 1.31. The molecule has 3 aromatic rings. The van der Waals surface area contributed by atoms with Gasteiger partial charge in [-0.05, 0) is 24.3 Å². The zero-order valence-electron chi connectivity index (χ0n) is 15.3. The molecule has 0 fully saturated rings. The molecule has 0 aliphatic carbocycles. The molecular formula is C19H14N2O8. The molecule has 1 amide bonds. The number of nitro groups is 1. The van der Waals surface area contributed by atoms with Gasteiger partial charge in [0.15, 0.2) is 0 Å². The first kappa shape index (κ1) is 19.5. The predicted octanol–water partition coefficient (Wildman–Crippen LogP) is 2.89. The molecule has 0 bridgehead atoms. The number of nitrogens with zero attached hydrogens (tertiary/aromatic N) is 1. The van der Waals surface area contributed by atoms with Crippen LogP contribution in [0.5, 0.6) is 11.5 Å². The molecule has 0 saturated carbocycles. The second-order valence-corrected chi connectivity index (χ2v) is 5.84. The van der Waals surface area contributed by atoms with E-state index in [9.17, 15) is 24.5 Å². The van der Waals surface area contributed by atoms with Crippen molar-refractivity contribution in [2.45, 2.75) is 6.92 Å². The van der Waals surface area contributed by atoms with Crippen LogP contribution in [0.25, 0.3) is 11.0 Å². The molecule has 0 aliphatic rings. The highest BCUT2D eigenvalue weighted by Gasteiger charge is 2.19. The molecule has 0 atom stereocenters. The summed E-state index contributed by atoms with van der Waals surface area (Å²) in [5.74, 6) is -1.01. The first-order valence-electron chi connectivity index (χ1n) is 8.18. The Hall–Kier alpha value is -4.21. The minimum Gasteiger partial charge on any atom is -0.496 e. The number of non-ortho nitro benzene ring substituents is 1. The highest BCUT2D eigenvalue weighted by atomic mass is 16.6. The van der Waals surface area contributed by atoms with E-state index in [1.165, 1.54) is 44.4 Å². The van der Waals surface area contributed by atoms with Crippen LogP contribution in [0.3, 0.4) is 0 Å². The van der Waals surface area contributed by atoms with Crippen LogP contribution >= 0.6 is 0 Å². The maximum absolute atomic E-state index is 12.6. The van der Waals surface area contributed by atoms with Crippen LogP contribution in [0.15, 0.2) is 51.7 Å². The van der Waals surface area contributed by atoms with Crippen molar-refractivity contribution in [2.24, 2.45) is 0 Å². The van der Waals surface area contributed by atoms with Gasteiger partial charge in [-0.3, -0.25) is 19.7 Å². The van der Waals surface area contributed by atoms with E-state index in [0.29, 0.717) is 5.39 Å². The normalized spacial score (nSPS) is 10.4. The Morgan fingerprint density at radius 1 is 1.14 bits per heavy atom. The third kappa shape index (κ3) is 4.21. The molecule has 0 saturated heterocycles. The number of benzene rings is 2. The Morgan fingerprint density at radius 3 is 2.55 bits per heavy atom. The number of amides is 1. The monoisotopic (exact) mass is 398 g/mol. The fraction of sp³-hybridized carbons (Fsp3) is 0.105. The molecule has 0 aliphatic heterocycles. The lowest BCUT2D eigenvalue weighted by Gasteiger charge is -2.09. The van der Waals surface area contributed by atoms with Gasteiger partial charge in [-0.1, -0.05) is 0 Å². The van der Waals surface area contributed by atoms with Crippen molar-refractivity contribution in [3.8, 4) is 11.5 Å². The predicted molar refractivity (Wildman–Crippen MR) is 101 cm³/mol. The van der Waals surface area contributed by atoms with E-state index in [1.807, 2.05) is 0 Å². The summed E-state index contributed by atoms with van der Waals surface area (Å²) in [6.07, 6.45) is 0. The average Bonchev–Trinajstić information content (AvgIpc) is 2.67. The number of hydrogen-bond donors (Lipinski definition) is 1. The highest BCUT2D eigenvalue weighted by molar-refractivity contribution is 6.07. The summed E-state index contributed by atoms with van der Waals surface area (Å²) < 4.78 is 15.2. The fourth-order valence-electron chi connectivity index (χ4n) is 2.58. The van der Waals surface area contributed by atoms with Crippen molar-refractivity contribution in [3.05, 3.63) is 68.6 Å². The average molecular weight is 398 g/mol. The number of ether oxygens (including phenoxy) is 2. The number of hydrogen-bond acceptors (Lipinski definition) is 8. The van der Waals surface area contributed by atoms with E-state index in [-0.39, 0.29) is 34.0 Å². The van der Waals surface area contributed by atoms with Crippen molar-refractivity contribution in [1.29, 1.82) is 0 Å². The maximum atomic E-state index is 12.6. The number of nitro benzene ring substituents is 1. The van der Waals surface area contributed by atoms with Gasteiger partial charge in [0.1, 0.15) is 22.8 Å². The fourth-order valence-corrected chi connectivity index (χ4v) is 2.58. The third-order valence-electron chi connectivity index (χ3n) is 3.86. The standard InChI is InChI=1S/C19H14N2O8/c1-10(22)28-13-5-3-11-7-15(19(24)29-17(11)9-13)20-18(23)14-8-12(21(25)26)4-6-16(14)27-2/h3-9H,1-2H3,(H,20,23). The molecule has 10 nitrogen and oxygen atoms in total. The van der Waals surface area contributed by atoms with Gasteiger partial charge in [-0.2, -0.15) is 0 Å². The van der Waals surface area contributed by atoms with Crippen molar-refractivity contribution >= 4 is 34.2 Å². The Morgan fingerprint density at radius 2 is 1.90 bits per heavy atom. The van der Waals surface area contributed by atoms with E-state index in [0.717, 1.165) is 6.07 Å². The number of anilines is 1. The highest BCUT2D eigenvalue weighted by Crippen LogP contribution is 2.26. The zero-order chi connectivity index (χ0) is 21.1. The van der Waals surface area contributed by atoms with Crippen molar-refractivity contribution < 1.29 is 28.4 Å². The number of rotatable bonds is 5. The summed E-state index contributed by atoms with van der Waals surface area (Å²) in [6.45, 7) is 1.24. The summed E-state index contributed by atoms with van der Waals surface area (Å²) in [5.41, 5.74) is -1.29. The molecule has 10 heteroatoms. The van der Waals surface area contributed by atoms with Crippen LogP contribution in [0.4, 0.5) is 11.4 Å². The Bertz CT molecular complexity index is 1200. The lowest BCUT2D eigenvalue weighted by atomic mass is 10.1. The molecule has 148 valence electrons. The summed E-state index contributed by atoms with van der Waals surface area (Å²) in [4.78, 5) is 46.2. The van der Waals surface area contributed by atoms with Gasteiger partial charge in [-0.15, -0.1) is 0 Å². The molecule has 3 rings (SSSR count). The molecule has 0 radical (unpaired) electrons. The van der Waals surface area contributed by atoms with E-state index < -0.39 is 22.4 Å². The van der Waals surface area contributed by atoms with Crippen molar-refractivity contribution in [3.63, 3.8) is 0 Å². The van der Waals surface area contributed by atoms with Gasteiger partial charge in [0.25, 0.3) is 11.6 Å². The summed E-state index contributed by atoms with van der Waals surface area (Å²) >= 11 is 0. The topological polar surface area (TPSA) is 138 Å². The summed E-state index contributed by atoms with van der Waals surface area (Å²) in [5, 5.41) is 13.8. The van der Waals surface area contributed by atoms with Crippen molar-refractivity contribution in [2.75, 3.05) is 12.4 Å². The smallest absolute Gasteiger partial charge is 0.360 e. The summed E-state index contributed by atoms with van der Waals surface area (Å²) in [6, 6.07) is 9.31. The number of esters is 1. The number of methoxy groups -OCH3 is 1. The SMILES string of the molecule is COc1ccc([N+](=O)[O-])cc1C(=O)Nc1cc2ccc(OC(C)=O)cc2oc1=O. The molecule has 0 unspecified atom stereocenters. The number of carbonyl (C=O) groups is 2. The maximum Gasteiger partial charge on any atom is 0.360 e. The molecular weight excluding hydrogens is 384 g/mol. The minimum absolute atomic E-state index is 0.101. The quantitative estimate of drug-likeness (QED) is 0.228. The zero-order valence-corrected chi connectivity index (χ0v) is 15.3. The third-order valence-corrected chi connectivity index (χ3v) is 3.86. The van der Waals surface area contributed by atoms with Crippen LogP contribution in [-0.2, 0) is 4.79 Å².